The van der Waals surface area contributed by atoms with E-state index in [0.717, 1.165) is 34.2 Å². The Morgan fingerprint density at radius 3 is 1.43 bits per heavy atom. The molecular weight excluding hydrogens is 368 g/mol. The van der Waals surface area contributed by atoms with Crippen LogP contribution in [0.5, 0.6) is 0 Å². The molecule has 0 atom stereocenters. The molecule has 0 unspecified atom stereocenters. The second kappa shape index (κ2) is 6.56. The van der Waals surface area contributed by atoms with Gasteiger partial charge in [0.2, 0.25) is 0 Å². The summed E-state index contributed by atoms with van der Waals surface area (Å²) >= 11 is 0. The Morgan fingerprint density at radius 1 is 0.567 bits per heavy atom. The number of aromatic nitrogens is 4. The topological polar surface area (TPSA) is 51.6 Å². The molecule has 4 aromatic rings. The summed E-state index contributed by atoms with van der Waals surface area (Å²) in [6, 6.07) is 21.0. The van der Waals surface area contributed by atoms with Crippen molar-refractivity contribution in [1.29, 1.82) is 0 Å². The lowest BCUT2D eigenvalue weighted by Crippen LogP contribution is -2.22. The lowest BCUT2D eigenvalue weighted by Gasteiger charge is -2.27. The van der Waals surface area contributed by atoms with Gasteiger partial charge in [-0.25, -0.2) is 19.9 Å². The van der Waals surface area contributed by atoms with Crippen molar-refractivity contribution >= 4 is 0 Å². The quantitative estimate of drug-likeness (QED) is 0.393. The van der Waals surface area contributed by atoms with Crippen molar-refractivity contribution in [1.82, 2.24) is 19.9 Å². The van der Waals surface area contributed by atoms with Crippen LogP contribution in [0.15, 0.2) is 73.1 Å². The molecule has 148 valence electrons. The molecule has 5 rings (SSSR count). The normalized spacial score (nSPS) is 15.9. The van der Waals surface area contributed by atoms with E-state index in [1.54, 1.807) is 0 Å². The molecule has 0 saturated carbocycles. The summed E-state index contributed by atoms with van der Waals surface area (Å²) in [5.74, 6) is 1.49. The van der Waals surface area contributed by atoms with Crippen LogP contribution in [-0.2, 0) is 10.8 Å². The predicted octanol–water partition coefficient (Wildman–Crippen LogP) is 5.57. The van der Waals surface area contributed by atoms with E-state index < -0.39 is 0 Å². The Balaban J connectivity index is 1.85. The number of hydrogen-bond donors (Lipinski definition) is 0. The fourth-order valence-electron chi connectivity index (χ4n) is 4.08. The second-order valence-electron chi connectivity index (χ2n) is 8.94. The summed E-state index contributed by atoms with van der Waals surface area (Å²) in [5, 5.41) is 0. The molecule has 4 heteroatoms. The second-order valence-corrected chi connectivity index (χ2v) is 8.94. The maximum absolute atomic E-state index is 4.97. The first-order chi connectivity index (χ1) is 14.4. The zero-order chi connectivity index (χ0) is 20.9. The van der Waals surface area contributed by atoms with Gasteiger partial charge in [0.1, 0.15) is 0 Å². The smallest absolute Gasteiger partial charge is 0.159 e. The number of rotatable bonds is 0. The summed E-state index contributed by atoms with van der Waals surface area (Å²) < 4.78 is 0. The molecule has 0 spiro atoms. The van der Waals surface area contributed by atoms with E-state index in [2.05, 4.69) is 86.2 Å². The Morgan fingerprint density at radius 2 is 1.00 bits per heavy atom. The largest absolute Gasteiger partial charge is 0.237 e. The molecule has 0 fully saturated rings. The van der Waals surface area contributed by atoms with Crippen molar-refractivity contribution in [2.45, 2.75) is 38.5 Å². The van der Waals surface area contributed by atoms with Crippen molar-refractivity contribution in [2.75, 3.05) is 0 Å². The van der Waals surface area contributed by atoms with Crippen LogP contribution in [0.1, 0.15) is 50.2 Å². The highest BCUT2D eigenvalue weighted by molar-refractivity contribution is 5.61. The molecule has 1 aliphatic rings. The first-order valence-corrected chi connectivity index (χ1v) is 10.2. The minimum Gasteiger partial charge on any atom is -0.237 e. The maximum atomic E-state index is 4.97. The molecule has 2 aromatic carbocycles. The Bertz CT molecular complexity index is 1060. The van der Waals surface area contributed by atoms with E-state index in [1.165, 1.54) is 11.1 Å². The van der Waals surface area contributed by atoms with Crippen LogP contribution >= 0.6 is 0 Å². The fourth-order valence-corrected chi connectivity index (χ4v) is 4.08. The van der Waals surface area contributed by atoms with E-state index in [9.17, 15) is 0 Å². The summed E-state index contributed by atoms with van der Waals surface area (Å²) in [5.41, 5.74) is 5.77. The van der Waals surface area contributed by atoms with Crippen LogP contribution in [0.3, 0.4) is 0 Å². The van der Waals surface area contributed by atoms with Crippen LogP contribution in [0, 0.1) is 0 Å². The molecule has 4 nitrogen and oxygen atoms in total. The number of fused-ring (bicyclic) bond motifs is 10. The van der Waals surface area contributed by atoms with E-state index >= 15 is 0 Å². The fraction of sp³-hybridized carbons (Fsp3) is 0.231. The van der Waals surface area contributed by atoms with Gasteiger partial charge in [-0.2, -0.15) is 0 Å². The third kappa shape index (κ3) is 2.91. The van der Waals surface area contributed by atoms with E-state index in [1.807, 2.05) is 24.5 Å². The van der Waals surface area contributed by atoms with Crippen molar-refractivity contribution in [3.8, 4) is 22.8 Å². The number of nitrogens with zero attached hydrogens (tertiary/aromatic N) is 4. The molecule has 0 aliphatic carbocycles. The van der Waals surface area contributed by atoms with Gasteiger partial charge in [0.25, 0.3) is 0 Å². The molecule has 8 bridgehead atoms. The third-order valence-corrected chi connectivity index (χ3v) is 6.28. The first kappa shape index (κ1) is 18.6. The number of benzene rings is 2. The van der Waals surface area contributed by atoms with E-state index in [0.29, 0.717) is 0 Å². The van der Waals surface area contributed by atoms with Crippen LogP contribution in [0.4, 0.5) is 0 Å². The molecular formula is C26H24N4. The van der Waals surface area contributed by atoms with Crippen LogP contribution in [0.25, 0.3) is 22.8 Å². The van der Waals surface area contributed by atoms with Crippen molar-refractivity contribution in [3.63, 3.8) is 0 Å². The highest BCUT2D eigenvalue weighted by Gasteiger charge is 2.29. The van der Waals surface area contributed by atoms with Crippen molar-refractivity contribution in [2.24, 2.45) is 0 Å². The van der Waals surface area contributed by atoms with Crippen LogP contribution in [-0.4, -0.2) is 19.9 Å². The van der Waals surface area contributed by atoms with Gasteiger partial charge in [-0.3, -0.25) is 0 Å². The summed E-state index contributed by atoms with van der Waals surface area (Å²) in [7, 11) is 0. The Kier molecular flexibility index (Phi) is 4.07. The van der Waals surface area contributed by atoms with Gasteiger partial charge in [0.05, 0.1) is 11.4 Å². The summed E-state index contributed by atoms with van der Waals surface area (Å²) in [6.45, 7) is 8.78. The minimum absolute atomic E-state index is 0.285. The van der Waals surface area contributed by atoms with Gasteiger partial charge in [-0.1, -0.05) is 64.1 Å². The Hall–Kier alpha value is -3.40. The molecule has 0 N–H and O–H groups in total. The van der Waals surface area contributed by atoms with Crippen LogP contribution in [0.2, 0.25) is 0 Å². The number of hydrogen-bond acceptors (Lipinski definition) is 4. The minimum atomic E-state index is -0.285. The SMILES string of the molecule is CC1(C)c2cccc(c2)-c2nccc(n2)C(C)(C)c2cccc(c2)-c2nccc1n2. The average molecular weight is 393 g/mol. The first-order valence-electron chi connectivity index (χ1n) is 10.2. The van der Waals surface area contributed by atoms with Gasteiger partial charge in [0.15, 0.2) is 11.6 Å². The van der Waals surface area contributed by atoms with Gasteiger partial charge in [-0.05, 0) is 35.4 Å². The maximum Gasteiger partial charge on any atom is 0.159 e. The highest BCUT2D eigenvalue weighted by Crippen LogP contribution is 2.36. The van der Waals surface area contributed by atoms with Gasteiger partial charge < -0.3 is 0 Å². The van der Waals surface area contributed by atoms with Crippen LogP contribution < -0.4 is 0 Å². The summed E-state index contributed by atoms with van der Waals surface area (Å²) in [4.78, 5) is 19.1. The Labute approximate surface area is 177 Å². The zero-order valence-corrected chi connectivity index (χ0v) is 17.7. The van der Waals surface area contributed by atoms with E-state index in [-0.39, 0.29) is 10.8 Å². The summed E-state index contributed by atoms with van der Waals surface area (Å²) in [6.07, 6.45) is 3.72. The van der Waals surface area contributed by atoms with Crippen molar-refractivity contribution in [3.05, 3.63) is 95.6 Å². The molecule has 2 aromatic heterocycles. The molecule has 0 saturated heterocycles. The van der Waals surface area contributed by atoms with E-state index in [4.69, 9.17) is 9.97 Å². The van der Waals surface area contributed by atoms with Gasteiger partial charge in [0, 0.05) is 34.4 Å². The lowest BCUT2D eigenvalue weighted by molar-refractivity contribution is 0.611. The average Bonchev–Trinajstić information content (AvgIpc) is 2.79. The third-order valence-electron chi connectivity index (χ3n) is 6.28. The molecule has 0 amide bonds. The standard InChI is InChI=1S/C26H24N4/c1-25(2)19-9-5-7-17(15-19)24-28-14-12-22(30-24)26(3,4)20-10-6-8-18(16-20)23-27-13-11-21(25)29-23/h5-16H,1-4H3. The molecule has 0 radical (unpaired) electrons. The molecule has 30 heavy (non-hydrogen) atoms. The molecule has 1 aliphatic heterocycles. The predicted molar refractivity (Wildman–Crippen MR) is 119 cm³/mol. The van der Waals surface area contributed by atoms with Gasteiger partial charge >= 0.3 is 0 Å². The molecule has 3 heterocycles. The zero-order valence-electron chi connectivity index (χ0n) is 17.7. The lowest BCUT2D eigenvalue weighted by atomic mass is 9.79. The highest BCUT2D eigenvalue weighted by atomic mass is 14.9. The van der Waals surface area contributed by atoms with Gasteiger partial charge in [-0.15, -0.1) is 0 Å². The van der Waals surface area contributed by atoms with Crippen molar-refractivity contribution < 1.29 is 0 Å². The monoisotopic (exact) mass is 392 g/mol.